The van der Waals surface area contributed by atoms with E-state index in [9.17, 15) is 20.1 Å². The van der Waals surface area contributed by atoms with E-state index in [0.29, 0.717) is 92.3 Å². The summed E-state index contributed by atoms with van der Waals surface area (Å²) in [4.78, 5) is 74.5. The van der Waals surface area contributed by atoms with Crippen LogP contribution in [-0.4, -0.2) is 140 Å². The summed E-state index contributed by atoms with van der Waals surface area (Å²) in [5.74, 6) is 4.09. The van der Waals surface area contributed by atoms with Crippen LogP contribution >= 0.6 is 0 Å². The Morgan fingerprint density at radius 2 is 0.613 bits per heavy atom. The fourth-order valence-corrected chi connectivity index (χ4v) is 13.3. The van der Waals surface area contributed by atoms with Gasteiger partial charge in [-0.2, -0.15) is 9.97 Å². The maximum Gasteiger partial charge on any atom is 0.571 e. The maximum atomic E-state index is 9.32. The number of pyridine rings is 1. The third-order valence-corrected chi connectivity index (χ3v) is 19.1. The molecule has 591 valence electrons. The van der Waals surface area contributed by atoms with E-state index in [1.54, 1.807) is 92.3 Å². The molecule has 29 heteroatoms. The van der Waals surface area contributed by atoms with E-state index in [4.69, 9.17) is 38.9 Å². The molecule has 0 aliphatic carbocycles. The average molecular weight is 1620 g/mol. The van der Waals surface area contributed by atoms with Gasteiger partial charge < -0.3 is 39.1 Å². The molecule has 0 saturated carbocycles. The summed E-state index contributed by atoms with van der Waals surface area (Å²) >= 11 is 0. The summed E-state index contributed by atoms with van der Waals surface area (Å²) < 4.78 is 15.7. The predicted octanol–water partition coefficient (Wildman–Crippen LogP) is 15.3. The highest BCUT2D eigenvalue weighted by Crippen LogP contribution is 2.40. The molecular formula is C95H66B4N17O8. The van der Waals surface area contributed by atoms with Gasteiger partial charge in [-0.15, -0.1) is 0 Å². The number of hydrogen-bond acceptors (Lipinski definition) is 25. The molecule has 10 aromatic carbocycles. The number of aromatic nitrogens is 17. The van der Waals surface area contributed by atoms with Crippen LogP contribution in [0.5, 0.6) is 17.5 Å². The quantitative estimate of drug-likeness (QED) is 0.0417. The number of benzene rings is 10. The number of nitrogens with zero attached hydrogens (tertiary/aromatic N) is 17. The molecular weight excluding hydrogens is 1550 g/mol. The third kappa shape index (κ3) is 20.0. The fourth-order valence-electron chi connectivity index (χ4n) is 13.3. The molecule has 9 heterocycles. The first-order chi connectivity index (χ1) is 61.2. The van der Waals surface area contributed by atoms with E-state index in [2.05, 4.69) is 113 Å². The molecule has 0 spiro atoms. The Hall–Kier alpha value is -16.3. The smallest absolute Gasteiger partial charge is 0.537 e. The van der Waals surface area contributed by atoms with Gasteiger partial charge in [-0.25, -0.2) is 69.8 Å². The Morgan fingerprint density at radius 3 is 1.17 bits per heavy atom. The first-order valence-electron chi connectivity index (χ1n) is 38.7. The Labute approximate surface area is 713 Å². The van der Waals surface area contributed by atoms with Crippen LogP contribution in [0, 0.1) is 0 Å². The van der Waals surface area contributed by atoms with Gasteiger partial charge in [-0.1, -0.05) is 224 Å². The van der Waals surface area contributed by atoms with E-state index >= 15 is 0 Å². The van der Waals surface area contributed by atoms with Gasteiger partial charge in [0.2, 0.25) is 0 Å². The molecule has 0 aliphatic rings. The summed E-state index contributed by atoms with van der Waals surface area (Å²) in [6, 6.07) is 100. The number of hydrogen-bond donors (Lipinski definition) is 5. The Bertz CT molecular complexity index is 6700. The minimum atomic E-state index is -1.81. The number of fused-ring (bicyclic) bond motifs is 1. The van der Waals surface area contributed by atoms with E-state index in [0.717, 1.165) is 111 Å². The van der Waals surface area contributed by atoms with E-state index < -0.39 is 7.12 Å². The van der Waals surface area contributed by atoms with Crippen LogP contribution < -0.4 is 19.7 Å². The molecule has 0 fully saturated rings. The van der Waals surface area contributed by atoms with Crippen molar-refractivity contribution in [2.24, 2.45) is 0 Å². The first kappa shape index (κ1) is 81.5. The van der Waals surface area contributed by atoms with Crippen molar-refractivity contribution in [3.63, 3.8) is 0 Å². The van der Waals surface area contributed by atoms with Gasteiger partial charge in [0.25, 0.3) is 0 Å². The summed E-state index contributed by atoms with van der Waals surface area (Å²) in [6.07, 6.45) is 16.6. The Kier molecular flexibility index (Phi) is 26.3. The van der Waals surface area contributed by atoms with Crippen molar-refractivity contribution in [3.05, 3.63) is 371 Å². The van der Waals surface area contributed by atoms with E-state index in [1.807, 2.05) is 231 Å². The lowest BCUT2D eigenvalue weighted by molar-refractivity contribution is 0.422. The highest BCUT2D eigenvalue weighted by Gasteiger charge is 2.23. The normalized spacial score (nSPS) is 10.6. The second kappa shape index (κ2) is 40.0. The summed E-state index contributed by atoms with van der Waals surface area (Å²) in [5.41, 5.74) is 18.4. The van der Waals surface area contributed by atoms with Crippen molar-refractivity contribution in [2.45, 2.75) is 0 Å². The van der Waals surface area contributed by atoms with Crippen LogP contribution in [0.4, 0.5) is 0 Å². The van der Waals surface area contributed by atoms with Crippen molar-refractivity contribution >= 4 is 46.7 Å². The zero-order chi connectivity index (χ0) is 84.6. The van der Waals surface area contributed by atoms with Crippen molar-refractivity contribution < 1.29 is 39.1 Å². The Morgan fingerprint density at radius 1 is 0.226 bits per heavy atom. The highest BCUT2D eigenvalue weighted by molar-refractivity contribution is 6.56. The molecule has 0 saturated heterocycles. The van der Waals surface area contributed by atoms with Crippen LogP contribution in [0.15, 0.2) is 371 Å². The molecule has 25 nitrogen and oxygen atoms in total. The summed E-state index contributed by atoms with van der Waals surface area (Å²) in [6.45, 7) is 0. The standard InChI is InChI=1S/C32H22BN4O2.C32H22BN2O2.C19H13BN5O2.C12H9BN6O2/c38-33-39-30-17-16-26(20-27(30)22-8-3-1-4-9-22)32-36-28(23-10-5-2-6-11-23)21-29(37-32)24-12-14-25(15-13-24)31-34-18-7-19-35-31;36-33-37-31-20-19-28(25-16-8-10-18-27(25)31)32-34-29(23-13-5-2-6-14-23)21-30(35-32)26-17-9-7-15-24(26)22-11-3-1-4-12-22;26-20-27-19-24-16(14-6-8-21-9-7-14)10-17(25-19)18-22-11-15(12-23-18)13-4-2-1-3-5-13;20-13(21)12-18-8(10-14-3-1-4-15-10)7-9(19-12)11-16-5-2-6-17-11/h1-21,38H;1-21,36H;1-12,26H;1-7,20-21H. The van der Waals surface area contributed by atoms with Crippen molar-refractivity contribution in [3.8, 4) is 176 Å². The van der Waals surface area contributed by atoms with Crippen LogP contribution in [0.1, 0.15) is 0 Å². The molecule has 0 atom stereocenters. The average Bonchev–Trinajstić information content (AvgIpc) is 0.758. The maximum absolute atomic E-state index is 9.32. The lowest BCUT2D eigenvalue weighted by Gasteiger charge is -2.15. The molecule has 0 unspecified atom stereocenters. The van der Waals surface area contributed by atoms with Gasteiger partial charge in [0, 0.05) is 123 Å². The number of rotatable bonds is 21. The van der Waals surface area contributed by atoms with Crippen molar-refractivity contribution in [1.29, 1.82) is 0 Å². The van der Waals surface area contributed by atoms with Gasteiger partial charge in [-0.3, -0.25) is 4.98 Å². The van der Waals surface area contributed by atoms with Gasteiger partial charge in [0.1, 0.15) is 28.6 Å². The lowest BCUT2D eigenvalue weighted by Crippen LogP contribution is -2.36. The van der Waals surface area contributed by atoms with Crippen LogP contribution in [0.2, 0.25) is 0 Å². The first-order valence-corrected chi connectivity index (χ1v) is 38.7. The van der Waals surface area contributed by atoms with Gasteiger partial charge in [-0.05, 0) is 113 Å². The highest BCUT2D eigenvalue weighted by atomic mass is 16.5. The van der Waals surface area contributed by atoms with E-state index in [1.165, 1.54) is 0 Å². The monoisotopic (exact) mass is 1620 g/mol. The molecule has 0 amide bonds. The molecule has 124 heavy (non-hydrogen) atoms. The molecule has 5 N–H and O–H groups in total. The summed E-state index contributed by atoms with van der Waals surface area (Å²) in [5, 5.41) is 47.9. The van der Waals surface area contributed by atoms with Crippen LogP contribution in [0.25, 0.3) is 169 Å². The minimum absolute atomic E-state index is 0.00227. The topological polar surface area (TPSA) is 348 Å². The van der Waals surface area contributed by atoms with Gasteiger partial charge >= 0.3 is 36.2 Å². The molecule has 0 aliphatic heterocycles. The van der Waals surface area contributed by atoms with E-state index in [-0.39, 0.29) is 11.7 Å². The van der Waals surface area contributed by atoms with Crippen LogP contribution in [0.3, 0.4) is 0 Å². The fraction of sp³-hybridized carbons (Fsp3) is 0. The zero-order valence-electron chi connectivity index (χ0n) is 65.6. The molecule has 19 rings (SSSR count). The Balaban J connectivity index is 0.000000125. The third-order valence-electron chi connectivity index (χ3n) is 19.1. The molecule has 3 radical (unpaired) electrons. The molecule has 9 aromatic heterocycles. The van der Waals surface area contributed by atoms with Crippen molar-refractivity contribution in [1.82, 2.24) is 84.7 Å². The molecule has 0 bridgehead atoms. The zero-order valence-corrected chi connectivity index (χ0v) is 65.6. The van der Waals surface area contributed by atoms with Gasteiger partial charge in [0.15, 0.2) is 40.7 Å². The SMILES string of the molecule is OB(O)c1nc(-c2ncccn2)cc(-c2ncccn2)n1.O[B]Oc1ccc(-c2nc(-c3ccccc3)cc(-c3ccc(-c4ncccn4)cc3)n2)cc1-c1ccccc1.O[B]Oc1ccc(-c2nc(-c3ccccc3)cc(-c3ccccc3-c3ccccc3)n2)c2ccccc12.O[B]Oc1nc(-c2ccncc2)cc(-c2ncc(-c3ccccc3)cn2)n1. The lowest BCUT2D eigenvalue weighted by atomic mass is 9.90. The van der Waals surface area contributed by atoms with Gasteiger partial charge in [0.05, 0.1) is 28.5 Å². The second-order valence-electron chi connectivity index (χ2n) is 27.0. The second-order valence-corrected chi connectivity index (χ2v) is 27.0. The predicted molar refractivity (Wildman–Crippen MR) is 478 cm³/mol. The van der Waals surface area contributed by atoms with Crippen molar-refractivity contribution in [2.75, 3.05) is 0 Å². The van der Waals surface area contributed by atoms with Crippen LogP contribution in [-0.2, 0) is 0 Å². The largest absolute Gasteiger partial charge is 0.571 e. The molecule has 19 aromatic rings. The summed E-state index contributed by atoms with van der Waals surface area (Å²) in [7, 11) is 0.119. The minimum Gasteiger partial charge on any atom is -0.537 e.